The van der Waals surface area contributed by atoms with Crippen LogP contribution in [0.2, 0.25) is 0 Å². The van der Waals surface area contributed by atoms with E-state index >= 15 is 0 Å². The number of anilines is 3. The largest absolute Gasteiger partial charge is 0.325 e. The highest BCUT2D eigenvalue weighted by atomic mass is 16.2. The van der Waals surface area contributed by atoms with Gasteiger partial charge in [-0.15, -0.1) is 0 Å². The molecule has 1 saturated heterocycles. The van der Waals surface area contributed by atoms with E-state index in [1.807, 2.05) is 42.5 Å². The summed E-state index contributed by atoms with van der Waals surface area (Å²) >= 11 is 0. The van der Waals surface area contributed by atoms with Crippen molar-refractivity contribution < 1.29 is 9.59 Å². The van der Waals surface area contributed by atoms with E-state index < -0.39 is 0 Å². The molecule has 3 aromatic carbocycles. The highest BCUT2D eigenvalue weighted by Crippen LogP contribution is 2.16. The number of para-hydroxylation sites is 1. The summed E-state index contributed by atoms with van der Waals surface area (Å²) in [6.45, 7) is 4.91. The maximum absolute atomic E-state index is 12.6. The first kappa shape index (κ1) is 22.5. The zero-order chi connectivity index (χ0) is 22.9. The van der Waals surface area contributed by atoms with Gasteiger partial charge in [-0.05, 0) is 35.9 Å². The summed E-state index contributed by atoms with van der Waals surface area (Å²) in [7, 11) is 0. The molecule has 3 aromatic rings. The lowest BCUT2D eigenvalue weighted by atomic mass is 10.2. The van der Waals surface area contributed by atoms with Gasteiger partial charge in [-0.1, -0.05) is 54.6 Å². The first-order valence-corrected chi connectivity index (χ1v) is 11.2. The normalized spacial score (nSPS) is 14.4. The summed E-state index contributed by atoms with van der Waals surface area (Å²) in [5.74, 6) is -0.0580. The Morgan fingerprint density at radius 1 is 0.636 bits per heavy atom. The van der Waals surface area contributed by atoms with Crippen LogP contribution in [0.5, 0.6) is 0 Å². The molecule has 0 spiro atoms. The molecule has 0 bridgehead atoms. The molecule has 7 nitrogen and oxygen atoms in total. The molecule has 4 rings (SSSR count). The Balaban J connectivity index is 1.21. The van der Waals surface area contributed by atoms with E-state index in [-0.39, 0.29) is 11.9 Å². The Hall–Kier alpha value is -3.68. The second kappa shape index (κ2) is 11.3. The average molecular weight is 444 g/mol. The number of hydrogen-bond donors (Lipinski definition) is 3. The maximum atomic E-state index is 12.6. The summed E-state index contributed by atoms with van der Waals surface area (Å²) in [5, 5.41) is 8.51. The van der Waals surface area contributed by atoms with Crippen molar-refractivity contribution in [3.63, 3.8) is 0 Å². The third-order valence-corrected chi connectivity index (χ3v) is 5.52. The minimum absolute atomic E-state index is 0.0580. The molecule has 1 aliphatic rings. The molecule has 3 amide bonds. The minimum Gasteiger partial charge on any atom is -0.325 e. The van der Waals surface area contributed by atoms with E-state index in [9.17, 15) is 9.59 Å². The molecule has 1 aliphatic heterocycles. The number of carbonyl (C=O) groups excluding carboxylic acids is 2. The number of rotatable bonds is 7. The van der Waals surface area contributed by atoms with Crippen LogP contribution in [0.3, 0.4) is 0 Å². The third kappa shape index (κ3) is 7.17. The molecule has 170 valence electrons. The van der Waals surface area contributed by atoms with Gasteiger partial charge in [0, 0.05) is 49.8 Å². The maximum Gasteiger partial charge on any atom is 0.323 e. The van der Waals surface area contributed by atoms with Crippen molar-refractivity contribution in [2.75, 3.05) is 48.7 Å². The van der Waals surface area contributed by atoms with Gasteiger partial charge in [0.25, 0.3) is 0 Å². The molecule has 33 heavy (non-hydrogen) atoms. The summed E-state index contributed by atoms with van der Waals surface area (Å²) in [5.41, 5.74) is 3.29. The van der Waals surface area contributed by atoms with Gasteiger partial charge in [-0.25, -0.2) is 4.79 Å². The molecular weight excluding hydrogens is 414 g/mol. The lowest BCUT2D eigenvalue weighted by Crippen LogP contribution is -2.48. The van der Waals surface area contributed by atoms with Gasteiger partial charge in [-0.3, -0.25) is 14.6 Å². The van der Waals surface area contributed by atoms with Crippen LogP contribution in [-0.2, 0) is 11.3 Å². The summed E-state index contributed by atoms with van der Waals surface area (Å²) < 4.78 is 0. The molecule has 0 atom stereocenters. The van der Waals surface area contributed by atoms with Crippen LogP contribution in [0.15, 0.2) is 84.9 Å². The zero-order valence-electron chi connectivity index (χ0n) is 18.5. The molecule has 1 fully saturated rings. The van der Waals surface area contributed by atoms with E-state index in [4.69, 9.17) is 0 Å². The molecule has 0 unspecified atom stereocenters. The monoisotopic (exact) mass is 443 g/mol. The van der Waals surface area contributed by atoms with Gasteiger partial charge in [0.2, 0.25) is 5.91 Å². The third-order valence-electron chi connectivity index (χ3n) is 5.52. The lowest BCUT2D eigenvalue weighted by molar-refractivity contribution is -0.117. The van der Waals surface area contributed by atoms with Crippen LogP contribution < -0.4 is 16.0 Å². The van der Waals surface area contributed by atoms with E-state index in [1.165, 1.54) is 5.56 Å². The van der Waals surface area contributed by atoms with Gasteiger partial charge in [0.1, 0.15) is 0 Å². The SMILES string of the molecule is O=C(CN1CCN(Cc2ccccc2)CC1)Nc1cccc(NC(=O)Nc2ccccc2)c1. The number of urea groups is 1. The molecule has 0 aliphatic carbocycles. The zero-order valence-corrected chi connectivity index (χ0v) is 18.5. The van der Waals surface area contributed by atoms with Crippen LogP contribution >= 0.6 is 0 Å². The number of piperazine rings is 1. The minimum atomic E-state index is -0.335. The van der Waals surface area contributed by atoms with Crippen molar-refractivity contribution >= 4 is 29.0 Å². The van der Waals surface area contributed by atoms with E-state index in [1.54, 1.807) is 18.2 Å². The molecule has 0 aromatic heterocycles. The Morgan fingerprint density at radius 2 is 1.18 bits per heavy atom. The number of nitrogens with zero attached hydrogens (tertiary/aromatic N) is 2. The predicted molar refractivity (Wildman–Crippen MR) is 132 cm³/mol. The number of benzene rings is 3. The molecule has 0 radical (unpaired) electrons. The molecule has 0 saturated carbocycles. The molecule has 7 heteroatoms. The van der Waals surface area contributed by atoms with Crippen LogP contribution in [-0.4, -0.2) is 54.5 Å². The fourth-order valence-electron chi connectivity index (χ4n) is 3.84. The fourth-order valence-corrected chi connectivity index (χ4v) is 3.84. The van der Waals surface area contributed by atoms with Gasteiger partial charge >= 0.3 is 6.03 Å². The molecular formula is C26H29N5O2. The van der Waals surface area contributed by atoms with Crippen molar-refractivity contribution in [2.45, 2.75) is 6.54 Å². The highest BCUT2D eigenvalue weighted by molar-refractivity contribution is 6.00. The van der Waals surface area contributed by atoms with Crippen molar-refractivity contribution in [2.24, 2.45) is 0 Å². The number of amides is 3. The smallest absolute Gasteiger partial charge is 0.323 e. The van der Waals surface area contributed by atoms with E-state index in [0.717, 1.165) is 32.7 Å². The Labute approximate surface area is 194 Å². The van der Waals surface area contributed by atoms with Gasteiger partial charge in [-0.2, -0.15) is 0 Å². The van der Waals surface area contributed by atoms with Crippen LogP contribution in [0, 0.1) is 0 Å². The first-order valence-electron chi connectivity index (χ1n) is 11.2. The van der Waals surface area contributed by atoms with E-state index in [0.29, 0.717) is 23.6 Å². The van der Waals surface area contributed by atoms with Gasteiger partial charge in [0.05, 0.1) is 6.54 Å². The number of hydrogen-bond acceptors (Lipinski definition) is 4. The first-order chi connectivity index (χ1) is 16.1. The van der Waals surface area contributed by atoms with Crippen molar-refractivity contribution in [1.29, 1.82) is 0 Å². The Morgan fingerprint density at radius 3 is 1.88 bits per heavy atom. The highest BCUT2D eigenvalue weighted by Gasteiger charge is 2.19. The number of nitrogens with one attached hydrogen (secondary N) is 3. The molecule has 1 heterocycles. The predicted octanol–water partition coefficient (Wildman–Crippen LogP) is 4.09. The Bertz CT molecular complexity index is 1050. The van der Waals surface area contributed by atoms with Gasteiger partial charge < -0.3 is 16.0 Å². The van der Waals surface area contributed by atoms with Crippen molar-refractivity contribution in [3.05, 3.63) is 90.5 Å². The van der Waals surface area contributed by atoms with Crippen LogP contribution in [0.1, 0.15) is 5.56 Å². The topological polar surface area (TPSA) is 76.7 Å². The fraction of sp³-hybridized carbons (Fsp3) is 0.231. The van der Waals surface area contributed by atoms with Crippen LogP contribution in [0.4, 0.5) is 21.9 Å². The van der Waals surface area contributed by atoms with Crippen LogP contribution in [0.25, 0.3) is 0 Å². The van der Waals surface area contributed by atoms with Crippen molar-refractivity contribution in [1.82, 2.24) is 9.80 Å². The van der Waals surface area contributed by atoms with Gasteiger partial charge in [0.15, 0.2) is 0 Å². The lowest BCUT2D eigenvalue weighted by Gasteiger charge is -2.34. The average Bonchev–Trinajstić information content (AvgIpc) is 2.82. The number of carbonyl (C=O) groups is 2. The summed E-state index contributed by atoms with van der Waals surface area (Å²) in [4.78, 5) is 29.4. The van der Waals surface area contributed by atoms with E-state index in [2.05, 4.69) is 50.0 Å². The quantitative estimate of drug-likeness (QED) is 0.514. The molecule has 3 N–H and O–H groups in total. The second-order valence-electron chi connectivity index (χ2n) is 8.11. The summed E-state index contributed by atoms with van der Waals surface area (Å²) in [6, 6.07) is 26.5. The second-order valence-corrected chi connectivity index (χ2v) is 8.11. The Kier molecular flexibility index (Phi) is 7.68. The van der Waals surface area contributed by atoms with Crippen molar-refractivity contribution in [3.8, 4) is 0 Å². The summed E-state index contributed by atoms with van der Waals surface area (Å²) in [6.07, 6.45) is 0. The standard InChI is InChI=1S/C26H29N5O2/c32-25(20-31-16-14-30(15-17-31)19-21-8-3-1-4-9-21)27-23-12-7-13-24(18-23)29-26(33)28-22-10-5-2-6-11-22/h1-13,18H,14-17,19-20H2,(H,27,32)(H2,28,29,33).